The van der Waals surface area contributed by atoms with Crippen molar-refractivity contribution in [3.63, 3.8) is 0 Å². The van der Waals surface area contributed by atoms with Crippen LogP contribution in [0.25, 0.3) is 0 Å². The molecule has 3 rings (SSSR count). The summed E-state index contributed by atoms with van der Waals surface area (Å²) in [6.07, 6.45) is 3.45. The molecular weight excluding hydrogens is 384 g/mol. The van der Waals surface area contributed by atoms with Crippen LogP contribution in [0.15, 0.2) is 18.2 Å². The summed E-state index contributed by atoms with van der Waals surface area (Å²) in [6.45, 7) is 8.19. The van der Waals surface area contributed by atoms with Gasteiger partial charge in [-0.05, 0) is 54.9 Å². The van der Waals surface area contributed by atoms with Gasteiger partial charge in [-0.25, -0.2) is 4.79 Å². The Morgan fingerprint density at radius 3 is 2.70 bits per heavy atom. The number of esters is 1. The third-order valence-electron chi connectivity index (χ3n) is 6.27. The molecule has 1 spiro atoms. The number of carbonyl (C=O) groups is 3. The number of carbonyl (C=O) groups excluding carboxylic acids is 3. The summed E-state index contributed by atoms with van der Waals surface area (Å²) in [6, 6.07) is 5.40. The van der Waals surface area contributed by atoms with Gasteiger partial charge in [0.25, 0.3) is 5.91 Å². The van der Waals surface area contributed by atoms with E-state index in [4.69, 9.17) is 9.47 Å². The molecule has 1 aliphatic heterocycles. The molecule has 164 valence electrons. The average molecular weight is 417 g/mol. The Hall–Kier alpha value is -2.57. The molecule has 1 N–H and O–H groups in total. The standard InChI is InChI=1S/C23H32N2O5/c1-15(2)19-9-8-18(13-16(19)3)29-11-12-30-20(26)14-25-21(27)23(24-22(25)28)10-6-5-7-17(23)4/h8-9,13,15,17H,5-7,10-12,14H2,1-4H3,(H,24,28). The van der Waals surface area contributed by atoms with Gasteiger partial charge in [0, 0.05) is 0 Å². The lowest BCUT2D eigenvalue weighted by Gasteiger charge is -2.36. The first kappa shape index (κ1) is 22.1. The third-order valence-corrected chi connectivity index (χ3v) is 6.27. The second-order valence-corrected chi connectivity index (χ2v) is 8.68. The number of nitrogens with one attached hydrogen (secondary N) is 1. The Balaban J connectivity index is 1.46. The van der Waals surface area contributed by atoms with Crippen LogP contribution in [0.5, 0.6) is 5.75 Å². The van der Waals surface area contributed by atoms with Crippen molar-refractivity contribution >= 4 is 17.9 Å². The first-order valence-corrected chi connectivity index (χ1v) is 10.8. The van der Waals surface area contributed by atoms with E-state index in [1.165, 1.54) is 5.56 Å². The molecule has 0 radical (unpaired) electrons. The molecule has 2 aliphatic rings. The van der Waals surface area contributed by atoms with E-state index in [1.54, 1.807) is 0 Å². The Labute approximate surface area is 178 Å². The molecule has 30 heavy (non-hydrogen) atoms. The van der Waals surface area contributed by atoms with Crippen LogP contribution < -0.4 is 10.1 Å². The number of amides is 3. The number of imide groups is 1. The zero-order valence-corrected chi connectivity index (χ0v) is 18.3. The van der Waals surface area contributed by atoms with Crippen LogP contribution in [0.1, 0.15) is 63.5 Å². The number of rotatable bonds is 7. The molecule has 1 aromatic rings. The molecule has 1 heterocycles. The normalized spacial score (nSPS) is 23.8. The molecule has 1 saturated heterocycles. The second kappa shape index (κ2) is 9.06. The van der Waals surface area contributed by atoms with Gasteiger partial charge in [-0.3, -0.25) is 14.5 Å². The molecule has 1 saturated carbocycles. The topological polar surface area (TPSA) is 84.9 Å². The van der Waals surface area contributed by atoms with Crippen LogP contribution in [0, 0.1) is 12.8 Å². The van der Waals surface area contributed by atoms with Crippen molar-refractivity contribution in [3.05, 3.63) is 29.3 Å². The SMILES string of the molecule is Cc1cc(OCCOC(=O)CN2C(=O)NC3(CCCCC3C)C2=O)ccc1C(C)C. The van der Waals surface area contributed by atoms with Crippen LogP contribution in [0.3, 0.4) is 0 Å². The van der Waals surface area contributed by atoms with Crippen molar-refractivity contribution in [1.82, 2.24) is 10.2 Å². The van der Waals surface area contributed by atoms with Gasteiger partial charge in [-0.15, -0.1) is 0 Å². The first-order valence-electron chi connectivity index (χ1n) is 10.8. The highest BCUT2D eigenvalue weighted by molar-refractivity contribution is 6.08. The van der Waals surface area contributed by atoms with Crippen molar-refractivity contribution in [2.75, 3.05) is 19.8 Å². The van der Waals surface area contributed by atoms with E-state index < -0.39 is 17.5 Å². The third kappa shape index (κ3) is 4.45. The van der Waals surface area contributed by atoms with Crippen molar-refractivity contribution in [2.45, 2.75) is 64.8 Å². The van der Waals surface area contributed by atoms with Crippen molar-refractivity contribution in [2.24, 2.45) is 5.92 Å². The van der Waals surface area contributed by atoms with E-state index in [0.717, 1.165) is 35.5 Å². The smallest absolute Gasteiger partial charge is 0.326 e. The largest absolute Gasteiger partial charge is 0.490 e. The summed E-state index contributed by atoms with van der Waals surface area (Å²) >= 11 is 0. The minimum atomic E-state index is -0.862. The van der Waals surface area contributed by atoms with E-state index in [9.17, 15) is 14.4 Å². The molecule has 0 aromatic heterocycles. The fourth-order valence-electron chi connectivity index (χ4n) is 4.51. The lowest BCUT2D eigenvalue weighted by molar-refractivity contribution is -0.149. The minimum Gasteiger partial charge on any atom is -0.490 e. The molecule has 7 heteroatoms. The molecular formula is C23H32N2O5. The predicted octanol–water partition coefficient (Wildman–Crippen LogP) is 3.54. The number of ether oxygens (including phenoxy) is 2. The van der Waals surface area contributed by atoms with E-state index in [2.05, 4.69) is 19.2 Å². The lowest BCUT2D eigenvalue weighted by Crippen LogP contribution is -2.54. The maximum atomic E-state index is 12.9. The van der Waals surface area contributed by atoms with Gasteiger partial charge in [-0.1, -0.05) is 39.7 Å². The predicted molar refractivity (Wildman–Crippen MR) is 112 cm³/mol. The van der Waals surface area contributed by atoms with Gasteiger partial charge in [0.1, 0.15) is 31.0 Å². The monoisotopic (exact) mass is 416 g/mol. The average Bonchev–Trinajstić information content (AvgIpc) is 2.92. The van der Waals surface area contributed by atoms with Gasteiger partial charge in [0.2, 0.25) is 0 Å². The number of urea groups is 1. The Bertz CT molecular complexity index is 822. The Kier molecular flexibility index (Phi) is 6.68. The lowest BCUT2D eigenvalue weighted by atomic mass is 9.73. The molecule has 1 aromatic carbocycles. The summed E-state index contributed by atoms with van der Waals surface area (Å²) in [4.78, 5) is 38.4. The highest BCUT2D eigenvalue weighted by Crippen LogP contribution is 2.38. The van der Waals surface area contributed by atoms with Crippen molar-refractivity contribution < 1.29 is 23.9 Å². The number of aryl methyl sites for hydroxylation is 1. The maximum absolute atomic E-state index is 12.9. The quantitative estimate of drug-likeness (QED) is 0.417. The van der Waals surface area contributed by atoms with Crippen molar-refractivity contribution in [1.29, 1.82) is 0 Å². The van der Waals surface area contributed by atoms with Crippen LogP contribution in [-0.2, 0) is 14.3 Å². The zero-order valence-electron chi connectivity index (χ0n) is 18.3. The molecule has 2 atom stereocenters. The Morgan fingerprint density at radius 1 is 1.27 bits per heavy atom. The molecule has 2 fully saturated rings. The number of hydrogen-bond acceptors (Lipinski definition) is 5. The van der Waals surface area contributed by atoms with Gasteiger partial charge >= 0.3 is 12.0 Å². The second-order valence-electron chi connectivity index (χ2n) is 8.68. The van der Waals surface area contributed by atoms with Crippen LogP contribution in [0.4, 0.5) is 4.79 Å². The minimum absolute atomic E-state index is 0.0506. The van der Waals surface area contributed by atoms with Gasteiger partial charge in [-0.2, -0.15) is 0 Å². The first-order chi connectivity index (χ1) is 14.2. The van der Waals surface area contributed by atoms with Crippen LogP contribution >= 0.6 is 0 Å². The Morgan fingerprint density at radius 2 is 2.03 bits per heavy atom. The molecule has 7 nitrogen and oxygen atoms in total. The summed E-state index contributed by atoms with van der Waals surface area (Å²) < 4.78 is 10.8. The molecule has 1 aliphatic carbocycles. The number of hydrogen-bond donors (Lipinski definition) is 1. The zero-order chi connectivity index (χ0) is 21.9. The van der Waals surface area contributed by atoms with Crippen LogP contribution in [-0.4, -0.2) is 48.1 Å². The summed E-state index contributed by atoms with van der Waals surface area (Å²) in [5.41, 5.74) is 1.56. The molecule has 2 unspecified atom stereocenters. The maximum Gasteiger partial charge on any atom is 0.326 e. The molecule has 0 bridgehead atoms. The van der Waals surface area contributed by atoms with E-state index in [-0.39, 0.29) is 31.6 Å². The van der Waals surface area contributed by atoms with Crippen LogP contribution in [0.2, 0.25) is 0 Å². The fourth-order valence-corrected chi connectivity index (χ4v) is 4.51. The van der Waals surface area contributed by atoms with Gasteiger partial charge < -0.3 is 14.8 Å². The van der Waals surface area contributed by atoms with E-state index >= 15 is 0 Å². The van der Waals surface area contributed by atoms with Gasteiger partial charge in [0.05, 0.1) is 0 Å². The van der Waals surface area contributed by atoms with E-state index in [0.29, 0.717) is 12.3 Å². The summed E-state index contributed by atoms with van der Waals surface area (Å²) in [5.74, 6) is 0.293. The summed E-state index contributed by atoms with van der Waals surface area (Å²) in [5, 5.41) is 2.84. The summed E-state index contributed by atoms with van der Waals surface area (Å²) in [7, 11) is 0. The number of benzene rings is 1. The van der Waals surface area contributed by atoms with Gasteiger partial charge in [0.15, 0.2) is 0 Å². The highest BCUT2D eigenvalue weighted by Gasteiger charge is 2.55. The number of nitrogens with zero attached hydrogens (tertiary/aromatic N) is 1. The fraction of sp³-hybridized carbons (Fsp3) is 0.609. The van der Waals surface area contributed by atoms with E-state index in [1.807, 2.05) is 32.0 Å². The molecule has 3 amide bonds. The highest BCUT2D eigenvalue weighted by atomic mass is 16.6. The van der Waals surface area contributed by atoms with Crippen molar-refractivity contribution in [3.8, 4) is 5.75 Å².